The van der Waals surface area contributed by atoms with Crippen LogP contribution in [0.4, 0.5) is 10.1 Å². The zero-order chi connectivity index (χ0) is 20.8. The van der Waals surface area contributed by atoms with Crippen molar-refractivity contribution in [1.82, 2.24) is 5.32 Å². The number of nitriles is 1. The van der Waals surface area contributed by atoms with Gasteiger partial charge in [-0.15, -0.1) is 0 Å². The van der Waals surface area contributed by atoms with Crippen LogP contribution in [-0.2, 0) is 16.0 Å². The second-order valence-corrected chi connectivity index (χ2v) is 7.58. The normalized spacial score (nSPS) is 16.2. The molecule has 2 aromatic rings. The summed E-state index contributed by atoms with van der Waals surface area (Å²) in [6, 6.07) is 15.5. The van der Waals surface area contributed by atoms with Crippen molar-refractivity contribution in [2.24, 2.45) is 0 Å². The van der Waals surface area contributed by atoms with E-state index < -0.39 is 5.92 Å². The number of allylic oxidation sites excluding steroid dienone is 1. The molecule has 0 fully saturated rings. The molecule has 1 aliphatic rings. The van der Waals surface area contributed by atoms with Crippen molar-refractivity contribution < 1.29 is 14.0 Å². The van der Waals surface area contributed by atoms with E-state index in [4.69, 9.17) is 0 Å². The van der Waals surface area contributed by atoms with Gasteiger partial charge in [0.2, 0.25) is 11.8 Å². The minimum Gasteiger partial charge on any atom is -0.325 e. The molecule has 7 heteroatoms. The van der Waals surface area contributed by atoms with Crippen molar-refractivity contribution in [3.8, 4) is 6.07 Å². The van der Waals surface area contributed by atoms with Gasteiger partial charge in [-0.2, -0.15) is 5.26 Å². The molecule has 0 aromatic heterocycles. The molecule has 1 atom stereocenters. The first-order chi connectivity index (χ1) is 14.0. The molecule has 148 valence electrons. The first-order valence-corrected chi connectivity index (χ1v) is 10.2. The largest absolute Gasteiger partial charge is 0.325 e. The summed E-state index contributed by atoms with van der Waals surface area (Å²) in [5, 5.41) is 15.5. The summed E-state index contributed by atoms with van der Waals surface area (Å²) < 4.78 is 13.2. The number of anilines is 1. The van der Waals surface area contributed by atoms with Gasteiger partial charge >= 0.3 is 0 Å². The fourth-order valence-corrected chi connectivity index (χ4v) is 3.95. The Morgan fingerprint density at radius 1 is 1.24 bits per heavy atom. The second-order valence-electron chi connectivity index (χ2n) is 6.60. The van der Waals surface area contributed by atoms with Gasteiger partial charge in [0, 0.05) is 18.0 Å². The van der Waals surface area contributed by atoms with Gasteiger partial charge in [0.15, 0.2) is 0 Å². The molecular formula is C22H20FN3O2S. The summed E-state index contributed by atoms with van der Waals surface area (Å²) in [4.78, 5) is 24.4. The Kier molecular flexibility index (Phi) is 6.68. The maximum Gasteiger partial charge on any atom is 0.234 e. The van der Waals surface area contributed by atoms with Crippen LogP contribution in [0.5, 0.6) is 0 Å². The summed E-state index contributed by atoms with van der Waals surface area (Å²) >= 11 is 1.11. The van der Waals surface area contributed by atoms with Crippen LogP contribution in [0.25, 0.3) is 0 Å². The number of halogens is 1. The highest BCUT2D eigenvalue weighted by Gasteiger charge is 2.29. The van der Waals surface area contributed by atoms with Crippen LogP contribution in [0.1, 0.15) is 30.4 Å². The van der Waals surface area contributed by atoms with Crippen molar-refractivity contribution in [1.29, 1.82) is 5.26 Å². The number of carbonyl (C=O) groups excluding carboxylic acids is 2. The molecule has 2 N–H and O–H groups in total. The van der Waals surface area contributed by atoms with Gasteiger partial charge in [-0.1, -0.05) is 43.0 Å². The molecule has 3 rings (SSSR count). The Labute approximate surface area is 173 Å². The van der Waals surface area contributed by atoms with E-state index in [1.165, 1.54) is 17.7 Å². The van der Waals surface area contributed by atoms with E-state index in [9.17, 15) is 19.2 Å². The number of carbonyl (C=O) groups is 2. The Bertz CT molecular complexity index is 979. The predicted molar refractivity (Wildman–Crippen MR) is 111 cm³/mol. The molecule has 0 aliphatic carbocycles. The minimum absolute atomic E-state index is 0.0481. The van der Waals surface area contributed by atoms with E-state index in [-0.39, 0.29) is 29.8 Å². The summed E-state index contributed by atoms with van der Waals surface area (Å²) in [7, 11) is 0. The number of aryl methyl sites for hydroxylation is 1. The lowest BCUT2D eigenvalue weighted by Gasteiger charge is -2.25. The van der Waals surface area contributed by atoms with Crippen LogP contribution in [0, 0.1) is 17.1 Å². The molecular weight excluding hydrogens is 389 g/mol. The number of benzene rings is 2. The van der Waals surface area contributed by atoms with Crippen LogP contribution in [0.2, 0.25) is 0 Å². The third kappa shape index (κ3) is 5.24. The summed E-state index contributed by atoms with van der Waals surface area (Å²) in [6.45, 7) is 2.06. The van der Waals surface area contributed by atoms with E-state index in [1.54, 1.807) is 12.1 Å². The first-order valence-electron chi connectivity index (χ1n) is 9.21. The zero-order valence-electron chi connectivity index (χ0n) is 15.9. The molecule has 5 nitrogen and oxygen atoms in total. The Morgan fingerprint density at radius 3 is 2.55 bits per heavy atom. The monoisotopic (exact) mass is 409 g/mol. The molecule has 1 unspecified atom stereocenters. The molecule has 0 radical (unpaired) electrons. The van der Waals surface area contributed by atoms with Gasteiger partial charge in [-0.3, -0.25) is 9.59 Å². The molecule has 1 heterocycles. The van der Waals surface area contributed by atoms with Crippen molar-refractivity contribution in [2.45, 2.75) is 25.7 Å². The number of nitrogens with zero attached hydrogens (tertiary/aromatic N) is 1. The summed E-state index contributed by atoms with van der Waals surface area (Å²) in [5.41, 5.74) is 2.94. The highest BCUT2D eigenvalue weighted by atomic mass is 32.2. The van der Waals surface area contributed by atoms with E-state index in [2.05, 4.69) is 23.6 Å². The molecule has 29 heavy (non-hydrogen) atoms. The third-order valence-corrected chi connectivity index (χ3v) is 5.64. The SMILES string of the molecule is CCc1ccc(NC(=O)CSC2=C(C#N)C(c3ccc(F)cc3)CC(=O)N2)cc1. The molecule has 0 saturated heterocycles. The van der Waals surface area contributed by atoms with E-state index in [0.29, 0.717) is 21.9 Å². The highest BCUT2D eigenvalue weighted by Crippen LogP contribution is 2.35. The fraction of sp³-hybridized carbons (Fsp3) is 0.227. The third-order valence-electron chi connectivity index (χ3n) is 4.62. The number of thioether (sulfide) groups is 1. The number of hydrogen-bond donors (Lipinski definition) is 2. The topological polar surface area (TPSA) is 82.0 Å². The molecule has 0 saturated carbocycles. The Morgan fingerprint density at radius 2 is 1.93 bits per heavy atom. The van der Waals surface area contributed by atoms with Gasteiger partial charge in [0.05, 0.1) is 22.4 Å². The number of amides is 2. The molecule has 2 aromatic carbocycles. The van der Waals surface area contributed by atoms with Crippen molar-refractivity contribution in [3.63, 3.8) is 0 Å². The van der Waals surface area contributed by atoms with Gasteiger partial charge in [0.1, 0.15) is 5.82 Å². The Hall–Kier alpha value is -3.11. The van der Waals surface area contributed by atoms with Crippen LogP contribution in [0.3, 0.4) is 0 Å². The van der Waals surface area contributed by atoms with E-state index in [1.807, 2.05) is 24.3 Å². The molecule has 0 spiro atoms. The summed E-state index contributed by atoms with van der Waals surface area (Å²) in [5.74, 6) is -1.26. The lowest BCUT2D eigenvalue weighted by atomic mass is 9.87. The molecule has 1 aliphatic heterocycles. The average Bonchev–Trinajstić information content (AvgIpc) is 2.73. The smallest absolute Gasteiger partial charge is 0.234 e. The van der Waals surface area contributed by atoms with Crippen LogP contribution in [0.15, 0.2) is 59.1 Å². The van der Waals surface area contributed by atoms with Crippen LogP contribution < -0.4 is 10.6 Å². The van der Waals surface area contributed by atoms with Crippen molar-refractivity contribution >= 4 is 29.3 Å². The highest BCUT2D eigenvalue weighted by molar-refractivity contribution is 8.03. The minimum atomic E-state index is -0.457. The number of rotatable bonds is 6. The fourth-order valence-electron chi connectivity index (χ4n) is 3.07. The van der Waals surface area contributed by atoms with Crippen LogP contribution in [-0.4, -0.2) is 17.6 Å². The second kappa shape index (κ2) is 9.39. The first kappa shape index (κ1) is 20.6. The average molecular weight is 409 g/mol. The summed E-state index contributed by atoms with van der Waals surface area (Å²) in [6.07, 6.45) is 1.03. The maximum absolute atomic E-state index is 13.2. The zero-order valence-corrected chi connectivity index (χ0v) is 16.7. The van der Waals surface area contributed by atoms with E-state index in [0.717, 1.165) is 18.2 Å². The van der Waals surface area contributed by atoms with Crippen LogP contribution >= 0.6 is 11.8 Å². The molecule has 0 bridgehead atoms. The van der Waals surface area contributed by atoms with Crippen molar-refractivity contribution in [2.75, 3.05) is 11.1 Å². The Balaban J connectivity index is 1.71. The standard InChI is InChI=1S/C22H20FN3O2S/c1-2-14-3-9-17(10-4-14)25-21(28)13-29-22-19(12-24)18(11-20(27)26-22)15-5-7-16(23)8-6-15/h3-10,18H,2,11,13H2,1H3,(H,25,28)(H,26,27). The number of hydrogen-bond acceptors (Lipinski definition) is 4. The maximum atomic E-state index is 13.2. The van der Waals surface area contributed by atoms with Gasteiger partial charge < -0.3 is 10.6 Å². The molecule has 2 amide bonds. The number of nitrogens with one attached hydrogen (secondary N) is 2. The lowest BCUT2D eigenvalue weighted by Crippen LogP contribution is -2.31. The van der Waals surface area contributed by atoms with Crippen molar-refractivity contribution in [3.05, 3.63) is 76.1 Å². The van der Waals surface area contributed by atoms with E-state index >= 15 is 0 Å². The van der Waals surface area contributed by atoms with Gasteiger partial charge in [-0.25, -0.2) is 4.39 Å². The van der Waals surface area contributed by atoms with Gasteiger partial charge in [-0.05, 0) is 41.8 Å². The predicted octanol–water partition coefficient (Wildman–Crippen LogP) is 4.10. The lowest BCUT2D eigenvalue weighted by molar-refractivity contribution is -0.121. The van der Waals surface area contributed by atoms with Gasteiger partial charge in [0.25, 0.3) is 0 Å². The quantitative estimate of drug-likeness (QED) is 0.753.